The van der Waals surface area contributed by atoms with E-state index in [0.717, 1.165) is 36.6 Å². The number of hydrogen-bond acceptors (Lipinski definition) is 7. The number of anilines is 1. The van der Waals surface area contributed by atoms with E-state index in [9.17, 15) is 23.3 Å². The molecule has 2 aromatic rings. The van der Waals surface area contributed by atoms with Crippen LogP contribution in [0.1, 0.15) is 39.2 Å². The molecule has 0 radical (unpaired) electrons. The highest BCUT2D eigenvalue weighted by Crippen LogP contribution is 2.31. The first-order chi connectivity index (χ1) is 14.2. The second-order valence-corrected chi connectivity index (χ2v) is 9.06. The zero-order valence-corrected chi connectivity index (χ0v) is 18.0. The molecule has 2 atom stereocenters. The highest BCUT2D eigenvalue weighted by atomic mass is 32.2. The summed E-state index contributed by atoms with van der Waals surface area (Å²) in [5.41, 5.74) is 1.66. The number of non-ortho nitro benzene ring substituents is 1. The van der Waals surface area contributed by atoms with Gasteiger partial charge in [-0.15, -0.1) is 0 Å². The standard InChI is InChI=1S/C16H16N2O4S.C5H10O2/c1-11-5-6-12-7-8-15(10-16(12)17-11)23(21,22)14-4-2-3-13(9-14)18(19)20;1-3-5(2)7-4-6/h2-4,7-11,17H,5-6H2,1H3;4-5H,3H2,1-2H3. The molecule has 9 heteroatoms. The first-order valence-corrected chi connectivity index (χ1v) is 11.2. The van der Waals surface area contributed by atoms with Crippen LogP contribution in [0.4, 0.5) is 11.4 Å². The molecule has 2 unspecified atom stereocenters. The molecule has 0 saturated heterocycles. The highest BCUT2D eigenvalue weighted by Gasteiger charge is 2.23. The molecule has 162 valence electrons. The molecule has 30 heavy (non-hydrogen) atoms. The molecular weight excluding hydrogens is 408 g/mol. The first-order valence-electron chi connectivity index (χ1n) is 9.67. The minimum absolute atomic E-state index is 0.0736. The van der Waals surface area contributed by atoms with Crippen LogP contribution in [-0.2, 0) is 25.8 Å². The summed E-state index contributed by atoms with van der Waals surface area (Å²) in [6.07, 6.45) is 2.88. The largest absolute Gasteiger partial charge is 0.465 e. The normalized spacial score (nSPS) is 16.2. The van der Waals surface area contributed by atoms with Gasteiger partial charge in [-0.1, -0.05) is 19.1 Å². The fourth-order valence-electron chi connectivity index (χ4n) is 2.88. The first kappa shape index (κ1) is 23.3. The van der Waals surface area contributed by atoms with Gasteiger partial charge >= 0.3 is 0 Å². The molecule has 8 nitrogen and oxygen atoms in total. The maximum absolute atomic E-state index is 12.7. The molecule has 1 N–H and O–H groups in total. The second kappa shape index (κ2) is 10.2. The zero-order valence-electron chi connectivity index (χ0n) is 17.2. The van der Waals surface area contributed by atoms with Crippen LogP contribution in [0, 0.1) is 10.1 Å². The van der Waals surface area contributed by atoms with E-state index in [1.54, 1.807) is 18.2 Å². The van der Waals surface area contributed by atoms with Crippen molar-refractivity contribution in [2.75, 3.05) is 5.32 Å². The Hall–Kier alpha value is -2.94. The van der Waals surface area contributed by atoms with Crippen molar-refractivity contribution in [2.45, 2.75) is 62.0 Å². The van der Waals surface area contributed by atoms with E-state index in [4.69, 9.17) is 0 Å². The number of nitro groups is 1. The molecule has 2 aromatic carbocycles. The van der Waals surface area contributed by atoms with Gasteiger partial charge in [0.25, 0.3) is 12.2 Å². The molecular formula is C21H26N2O6S. The number of ether oxygens (including phenoxy) is 1. The van der Waals surface area contributed by atoms with Crippen LogP contribution >= 0.6 is 0 Å². The summed E-state index contributed by atoms with van der Waals surface area (Å²) in [5, 5.41) is 14.1. The average Bonchev–Trinajstić information content (AvgIpc) is 2.73. The van der Waals surface area contributed by atoms with Gasteiger partial charge in [0, 0.05) is 23.9 Å². The molecule has 0 aromatic heterocycles. The van der Waals surface area contributed by atoms with Crippen molar-refractivity contribution >= 4 is 27.7 Å². The van der Waals surface area contributed by atoms with Crippen molar-refractivity contribution in [1.82, 2.24) is 0 Å². The fraction of sp³-hybridized carbons (Fsp3) is 0.381. The number of rotatable bonds is 6. The summed E-state index contributed by atoms with van der Waals surface area (Å²) in [5.74, 6) is 0. The number of nitrogens with zero attached hydrogens (tertiary/aromatic N) is 1. The van der Waals surface area contributed by atoms with E-state index in [1.807, 2.05) is 20.8 Å². The van der Waals surface area contributed by atoms with Crippen molar-refractivity contribution in [3.05, 3.63) is 58.1 Å². The van der Waals surface area contributed by atoms with Gasteiger partial charge in [0.15, 0.2) is 0 Å². The van der Waals surface area contributed by atoms with Crippen LogP contribution in [0.25, 0.3) is 0 Å². The topological polar surface area (TPSA) is 116 Å². The molecule has 1 heterocycles. The van der Waals surface area contributed by atoms with E-state index < -0.39 is 14.8 Å². The number of aryl methyl sites for hydroxylation is 1. The predicted octanol–water partition coefficient (Wildman–Crippen LogP) is 4.13. The lowest BCUT2D eigenvalue weighted by molar-refractivity contribution is -0.385. The van der Waals surface area contributed by atoms with E-state index in [0.29, 0.717) is 12.5 Å². The summed E-state index contributed by atoms with van der Waals surface area (Å²) in [6.45, 7) is 6.35. The summed E-state index contributed by atoms with van der Waals surface area (Å²) in [6, 6.07) is 10.4. The van der Waals surface area contributed by atoms with Crippen LogP contribution in [0.5, 0.6) is 0 Å². The smallest absolute Gasteiger partial charge is 0.293 e. The average molecular weight is 435 g/mol. The van der Waals surface area contributed by atoms with Gasteiger partial charge in [-0.3, -0.25) is 14.9 Å². The third-order valence-electron chi connectivity index (χ3n) is 4.84. The van der Waals surface area contributed by atoms with Crippen molar-refractivity contribution in [3.8, 4) is 0 Å². The third kappa shape index (κ3) is 5.79. The van der Waals surface area contributed by atoms with Gasteiger partial charge in [0.2, 0.25) is 9.84 Å². The number of hydrogen-bond donors (Lipinski definition) is 1. The number of carbonyl (C=O) groups is 1. The van der Waals surface area contributed by atoms with Crippen molar-refractivity contribution < 1.29 is 22.9 Å². The third-order valence-corrected chi connectivity index (χ3v) is 6.59. The number of sulfone groups is 1. The van der Waals surface area contributed by atoms with E-state index >= 15 is 0 Å². The molecule has 0 aliphatic carbocycles. The molecule has 0 amide bonds. The monoisotopic (exact) mass is 434 g/mol. The zero-order chi connectivity index (χ0) is 22.3. The van der Waals surface area contributed by atoms with Crippen LogP contribution < -0.4 is 5.32 Å². The Morgan fingerprint density at radius 1 is 1.27 bits per heavy atom. The Morgan fingerprint density at radius 3 is 2.57 bits per heavy atom. The SMILES string of the molecule is CC1CCc2ccc(S(=O)(=O)c3cccc([N+](=O)[O-])c3)cc2N1.CCC(C)OC=O. The summed E-state index contributed by atoms with van der Waals surface area (Å²) < 4.78 is 30.0. The van der Waals surface area contributed by atoms with Gasteiger partial charge in [0.1, 0.15) is 0 Å². The van der Waals surface area contributed by atoms with Gasteiger partial charge in [-0.2, -0.15) is 0 Å². The Balaban J connectivity index is 0.000000396. The molecule has 0 fully saturated rings. The van der Waals surface area contributed by atoms with Crippen molar-refractivity contribution in [3.63, 3.8) is 0 Å². The van der Waals surface area contributed by atoms with Crippen LogP contribution in [-0.4, -0.2) is 32.0 Å². The number of nitro benzene ring substituents is 1. The molecule has 1 aliphatic rings. The maximum atomic E-state index is 12.7. The lowest BCUT2D eigenvalue weighted by atomic mass is 9.99. The Morgan fingerprint density at radius 2 is 1.97 bits per heavy atom. The van der Waals surface area contributed by atoms with Gasteiger partial charge in [-0.25, -0.2) is 8.42 Å². The summed E-state index contributed by atoms with van der Waals surface area (Å²) in [4.78, 5) is 19.9. The molecule has 0 spiro atoms. The lowest BCUT2D eigenvalue weighted by Gasteiger charge is -2.24. The highest BCUT2D eigenvalue weighted by molar-refractivity contribution is 7.91. The van der Waals surface area contributed by atoms with E-state index in [1.165, 1.54) is 18.2 Å². The molecule has 0 saturated carbocycles. The second-order valence-electron chi connectivity index (χ2n) is 7.11. The van der Waals surface area contributed by atoms with Crippen molar-refractivity contribution in [1.29, 1.82) is 0 Å². The minimum atomic E-state index is -3.79. The fourth-order valence-corrected chi connectivity index (χ4v) is 4.20. The quantitative estimate of drug-likeness (QED) is 0.413. The number of carbonyl (C=O) groups excluding carboxylic acids is 1. The predicted molar refractivity (Wildman–Crippen MR) is 113 cm³/mol. The van der Waals surface area contributed by atoms with Gasteiger partial charge in [0.05, 0.1) is 20.8 Å². The summed E-state index contributed by atoms with van der Waals surface area (Å²) >= 11 is 0. The Bertz CT molecular complexity index is 1010. The molecule has 3 rings (SSSR count). The van der Waals surface area contributed by atoms with Crippen molar-refractivity contribution in [2.24, 2.45) is 0 Å². The van der Waals surface area contributed by atoms with Gasteiger partial charge < -0.3 is 10.1 Å². The lowest BCUT2D eigenvalue weighted by Crippen LogP contribution is -2.22. The number of fused-ring (bicyclic) bond motifs is 1. The molecule has 1 aliphatic heterocycles. The van der Waals surface area contributed by atoms with Gasteiger partial charge in [-0.05, 0) is 56.9 Å². The Labute approximate surface area is 176 Å². The van der Waals surface area contributed by atoms with E-state index in [-0.39, 0.29) is 21.6 Å². The summed E-state index contributed by atoms with van der Waals surface area (Å²) in [7, 11) is -3.79. The van der Waals surface area contributed by atoms with Crippen LogP contribution in [0.2, 0.25) is 0 Å². The van der Waals surface area contributed by atoms with E-state index in [2.05, 4.69) is 10.1 Å². The minimum Gasteiger partial charge on any atom is -0.465 e. The maximum Gasteiger partial charge on any atom is 0.293 e. The molecule has 0 bridgehead atoms. The van der Waals surface area contributed by atoms with Crippen LogP contribution in [0.15, 0.2) is 52.3 Å². The number of benzene rings is 2. The number of nitrogens with one attached hydrogen (secondary N) is 1. The Kier molecular flexibility index (Phi) is 7.93. The van der Waals surface area contributed by atoms with Crippen LogP contribution in [0.3, 0.4) is 0 Å².